The number of furan rings is 1. The Hall–Kier alpha value is -6.89. The number of fused-ring (bicyclic) bond motifs is 9. The molecular weight excluding hydrogens is 669 g/mol. The number of rotatable bonds is 3. The van der Waals surface area contributed by atoms with Crippen LogP contribution >= 0.6 is 11.3 Å². The summed E-state index contributed by atoms with van der Waals surface area (Å²) in [6.45, 7) is 0. The van der Waals surface area contributed by atoms with E-state index in [0.717, 1.165) is 60.8 Å². The summed E-state index contributed by atoms with van der Waals surface area (Å²) in [5, 5.41) is 9.06. The van der Waals surface area contributed by atoms with Crippen LogP contribution in [0.5, 0.6) is 0 Å². The van der Waals surface area contributed by atoms with E-state index in [9.17, 15) is 0 Å². The Morgan fingerprint density at radius 1 is 0.415 bits per heavy atom. The molecule has 0 saturated carbocycles. The summed E-state index contributed by atoms with van der Waals surface area (Å²) in [6.07, 6.45) is 0. The minimum atomic E-state index is 0.560. The van der Waals surface area contributed by atoms with Gasteiger partial charge in [0.1, 0.15) is 11.2 Å². The fourth-order valence-electron chi connectivity index (χ4n) is 8.33. The summed E-state index contributed by atoms with van der Waals surface area (Å²) in [4.78, 5) is 18.5. The summed E-state index contributed by atoms with van der Waals surface area (Å²) < 4.78 is 8.79. The molecule has 0 fully saturated rings. The van der Waals surface area contributed by atoms with Crippen molar-refractivity contribution in [3.8, 4) is 33.9 Å². The lowest BCUT2D eigenvalue weighted by Crippen LogP contribution is -2.19. The molecule has 11 aromatic rings. The quantitative estimate of drug-likeness (QED) is 0.184. The molecule has 6 heteroatoms. The number of thiophene rings is 1. The molecule has 0 saturated heterocycles. The van der Waals surface area contributed by atoms with Crippen molar-refractivity contribution in [1.29, 1.82) is 0 Å². The smallest absolute Gasteiger partial charge is 0.238 e. The van der Waals surface area contributed by atoms with Crippen LogP contribution < -0.4 is 4.90 Å². The molecule has 0 spiro atoms. The third-order valence-corrected chi connectivity index (χ3v) is 11.8. The van der Waals surface area contributed by atoms with Gasteiger partial charge in [0, 0.05) is 53.0 Å². The van der Waals surface area contributed by atoms with E-state index in [1.54, 1.807) is 11.3 Å². The highest BCUT2D eigenvalue weighted by molar-refractivity contribution is 7.25. The molecule has 53 heavy (non-hydrogen) atoms. The Labute approximate surface area is 307 Å². The largest absolute Gasteiger partial charge is 0.456 e. The zero-order valence-corrected chi connectivity index (χ0v) is 28.9. The van der Waals surface area contributed by atoms with Crippen LogP contribution in [-0.4, -0.2) is 15.0 Å². The number of hydrogen-bond acceptors (Lipinski definition) is 6. The van der Waals surface area contributed by atoms with Crippen LogP contribution in [0.1, 0.15) is 0 Å². The predicted octanol–water partition coefficient (Wildman–Crippen LogP) is 13.2. The normalized spacial score (nSPS) is 12.5. The second-order valence-electron chi connectivity index (χ2n) is 13.6. The third-order valence-electron chi connectivity index (χ3n) is 10.6. The van der Waals surface area contributed by atoms with Gasteiger partial charge in [0.05, 0.1) is 11.4 Å². The summed E-state index contributed by atoms with van der Waals surface area (Å²) in [5.74, 6) is 1.77. The first kappa shape index (κ1) is 28.8. The highest BCUT2D eigenvalue weighted by Crippen LogP contribution is 2.52. The molecular formula is C47H26N4OS. The first-order chi connectivity index (χ1) is 26.3. The van der Waals surface area contributed by atoms with E-state index < -0.39 is 0 Å². The number of benzene rings is 8. The lowest BCUT2D eigenvalue weighted by Gasteiger charge is -2.32. The molecule has 0 N–H and O–H groups in total. The van der Waals surface area contributed by atoms with Gasteiger partial charge in [-0.3, -0.25) is 4.90 Å². The molecule has 0 radical (unpaired) electrons. The fourth-order valence-corrected chi connectivity index (χ4v) is 9.47. The molecule has 5 nitrogen and oxygen atoms in total. The van der Waals surface area contributed by atoms with Crippen molar-refractivity contribution in [3.05, 3.63) is 158 Å². The average molecular weight is 695 g/mol. The highest BCUT2D eigenvalue weighted by atomic mass is 32.1. The van der Waals surface area contributed by atoms with Crippen LogP contribution in [-0.2, 0) is 0 Å². The average Bonchev–Trinajstić information content (AvgIpc) is 3.79. The maximum atomic E-state index is 6.36. The Bertz CT molecular complexity index is 3190. The third kappa shape index (κ3) is 4.15. The van der Waals surface area contributed by atoms with Gasteiger partial charge in [-0.2, -0.15) is 9.97 Å². The monoisotopic (exact) mass is 694 g/mol. The van der Waals surface area contributed by atoms with Crippen molar-refractivity contribution in [2.75, 3.05) is 4.90 Å². The molecule has 246 valence electrons. The molecule has 8 aromatic carbocycles. The van der Waals surface area contributed by atoms with E-state index in [0.29, 0.717) is 17.6 Å². The van der Waals surface area contributed by atoms with Crippen LogP contribution in [0.15, 0.2) is 162 Å². The summed E-state index contributed by atoms with van der Waals surface area (Å²) in [6, 6.07) is 55.5. The SMILES string of the molecule is c1ccc2cc3c(cc2c1)-c1cccc2cccc(c12)N3c1nc(-c2cccc3oc4ccccc4c23)nc(-c2cccc3sc4ccccc4c23)n1. The van der Waals surface area contributed by atoms with Crippen molar-refractivity contribution in [3.63, 3.8) is 0 Å². The van der Waals surface area contributed by atoms with Gasteiger partial charge in [0.15, 0.2) is 11.6 Å². The second-order valence-corrected chi connectivity index (χ2v) is 14.7. The topological polar surface area (TPSA) is 55.1 Å². The van der Waals surface area contributed by atoms with Gasteiger partial charge < -0.3 is 4.42 Å². The number of anilines is 3. The molecule has 0 aliphatic carbocycles. The van der Waals surface area contributed by atoms with E-state index in [-0.39, 0.29) is 0 Å². The van der Waals surface area contributed by atoms with Crippen molar-refractivity contribution in [2.24, 2.45) is 0 Å². The number of aromatic nitrogens is 3. The fraction of sp³-hybridized carbons (Fsp3) is 0. The first-order valence-corrected chi connectivity index (χ1v) is 18.5. The Kier molecular flexibility index (Phi) is 5.87. The molecule has 0 amide bonds. The van der Waals surface area contributed by atoms with Crippen molar-refractivity contribution in [1.82, 2.24) is 15.0 Å². The maximum absolute atomic E-state index is 6.36. The van der Waals surface area contributed by atoms with Crippen LogP contribution in [0.4, 0.5) is 17.3 Å². The maximum Gasteiger partial charge on any atom is 0.238 e. The predicted molar refractivity (Wildman–Crippen MR) is 220 cm³/mol. The van der Waals surface area contributed by atoms with E-state index in [1.807, 2.05) is 30.3 Å². The number of hydrogen-bond donors (Lipinski definition) is 0. The van der Waals surface area contributed by atoms with E-state index in [4.69, 9.17) is 19.4 Å². The molecule has 4 heterocycles. The van der Waals surface area contributed by atoms with Gasteiger partial charge in [0.25, 0.3) is 0 Å². The van der Waals surface area contributed by atoms with Crippen LogP contribution in [0.3, 0.4) is 0 Å². The summed E-state index contributed by atoms with van der Waals surface area (Å²) in [7, 11) is 0. The van der Waals surface area contributed by atoms with Crippen molar-refractivity contribution >= 4 is 92.3 Å². The van der Waals surface area contributed by atoms with Crippen LogP contribution in [0.2, 0.25) is 0 Å². The minimum Gasteiger partial charge on any atom is -0.456 e. The van der Waals surface area contributed by atoms with Gasteiger partial charge in [-0.15, -0.1) is 11.3 Å². The number of nitrogens with zero attached hydrogens (tertiary/aromatic N) is 4. The minimum absolute atomic E-state index is 0.560. The van der Waals surface area contributed by atoms with E-state index >= 15 is 0 Å². The van der Waals surface area contributed by atoms with E-state index in [1.165, 1.54) is 36.5 Å². The molecule has 0 atom stereocenters. The summed E-state index contributed by atoms with van der Waals surface area (Å²) in [5.41, 5.74) is 7.92. The summed E-state index contributed by atoms with van der Waals surface area (Å²) >= 11 is 1.79. The molecule has 3 aromatic heterocycles. The van der Waals surface area contributed by atoms with Gasteiger partial charge in [-0.25, -0.2) is 4.98 Å². The van der Waals surface area contributed by atoms with E-state index in [2.05, 4.69) is 132 Å². The second kappa shape index (κ2) is 10.8. The lowest BCUT2D eigenvalue weighted by atomic mass is 9.90. The molecule has 1 aliphatic rings. The van der Waals surface area contributed by atoms with Crippen LogP contribution in [0, 0.1) is 0 Å². The molecule has 1 aliphatic heterocycles. The standard InChI is InChI=1S/C47H26N4OS/c1-2-12-29-26-37-35(25-28(29)11-1)30-17-7-13-27-14-8-20-36(42(27)30)51(37)47-49-45(33-18-9-22-39-43(33)31-15-3-5-21-38(31)52-39)48-46(50-47)34-19-10-24-41-44(34)32-16-4-6-23-40(32)53-41/h1-26H. The number of para-hydroxylation sites is 1. The Morgan fingerprint density at radius 2 is 1.04 bits per heavy atom. The van der Waals surface area contributed by atoms with Crippen molar-refractivity contribution < 1.29 is 4.42 Å². The Balaban J connectivity index is 1.21. The molecule has 0 bridgehead atoms. The Morgan fingerprint density at radius 3 is 1.91 bits per heavy atom. The lowest BCUT2D eigenvalue weighted by molar-refractivity contribution is 0.669. The van der Waals surface area contributed by atoms with Gasteiger partial charge in [0.2, 0.25) is 5.95 Å². The first-order valence-electron chi connectivity index (χ1n) is 17.7. The van der Waals surface area contributed by atoms with Gasteiger partial charge in [-0.05, 0) is 64.2 Å². The molecule has 12 rings (SSSR count). The zero-order chi connectivity index (χ0) is 34.6. The highest BCUT2D eigenvalue weighted by Gasteiger charge is 2.30. The zero-order valence-electron chi connectivity index (χ0n) is 28.1. The molecule has 0 unspecified atom stereocenters. The van der Waals surface area contributed by atoms with Crippen molar-refractivity contribution in [2.45, 2.75) is 0 Å². The van der Waals surface area contributed by atoms with Gasteiger partial charge in [-0.1, -0.05) is 115 Å². The van der Waals surface area contributed by atoms with Gasteiger partial charge >= 0.3 is 0 Å². The van der Waals surface area contributed by atoms with Crippen LogP contribution in [0.25, 0.3) is 97.6 Å².